The fourth-order valence-electron chi connectivity index (χ4n) is 2.80. The second-order valence-electron chi connectivity index (χ2n) is 6.55. The molecule has 32 heavy (non-hydrogen) atoms. The van der Waals surface area contributed by atoms with Gasteiger partial charge in [-0.15, -0.1) is 0 Å². The molecule has 11 heteroatoms. The van der Waals surface area contributed by atoms with E-state index in [0.717, 1.165) is 11.6 Å². The van der Waals surface area contributed by atoms with E-state index in [4.69, 9.17) is 16.3 Å². The highest BCUT2D eigenvalue weighted by molar-refractivity contribution is 7.92. The van der Waals surface area contributed by atoms with Crippen molar-refractivity contribution >= 4 is 38.9 Å². The van der Waals surface area contributed by atoms with Crippen molar-refractivity contribution in [2.45, 2.75) is 11.4 Å². The van der Waals surface area contributed by atoms with Crippen LogP contribution in [0.1, 0.15) is 15.9 Å². The van der Waals surface area contributed by atoms with Crippen LogP contribution in [0, 0.1) is 10.1 Å². The van der Waals surface area contributed by atoms with E-state index in [1.165, 1.54) is 43.5 Å². The molecule has 1 amide bonds. The molecule has 0 heterocycles. The van der Waals surface area contributed by atoms with Crippen molar-refractivity contribution in [3.63, 3.8) is 0 Å². The highest BCUT2D eigenvalue weighted by atomic mass is 35.5. The number of nitro groups is 1. The number of nitrogens with one attached hydrogen (secondary N) is 2. The van der Waals surface area contributed by atoms with E-state index in [2.05, 4.69) is 10.0 Å². The maximum absolute atomic E-state index is 12.7. The zero-order valence-corrected chi connectivity index (χ0v) is 18.3. The second-order valence-corrected chi connectivity index (χ2v) is 8.64. The minimum atomic E-state index is -4.09. The van der Waals surface area contributed by atoms with E-state index in [-0.39, 0.29) is 34.1 Å². The fraction of sp³-hybridized carbons (Fsp3) is 0.0952. The monoisotopic (exact) mass is 475 g/mol. The van der Waals surface area contributed by atoms with Crippen LogP contribution < -0.4 is 14.8 Å². The number of hydrogen-bond donors (Lipinski definition) is 2. The summed E-state index contributed by atoms with van der Waals surface area (Å²) in [5, 5.41) is 14.2. The number of carbonyl (C=O) groups is 1. The lowest BCUT2D eigenvalue weighted by Crippen LogP contribution is -2.23. The Morgan fingerprint density at radius 3 is 2.41 bits per heavy atom. The molecule has 0 bridgehead atoms. The number of ether oxygens (including phenoxy) is 1. The molecule has 9 nitrogen and oxygen atoms in total. The van der Waals surface area contributed by atoms with Gasteiger partial charge in [0.1, 0.15) is 5.75 Å². The Labute approximate surface area is 189 Å². The first-order chi connectivity index (χ1) is 15.2. The van der Waals surface area contributed by atoms with Gasteiger partial charge in [-0.25, -0.2) is 8.42 Å². The van der Waals surface area contributed by atoms with Gasteiger partial charge >= 0.3 is 0 Å². The Kier molecular flexibility index (Phi) is 6.96. The third-order valence-corrected chi connectivity index (χ3v) is 6.21. The highest BCUT2D eigenvalue weighted by Crippen LogP contribution is 2.30. The molecular weight excluding hydrogens is 458 g/mol. The quantitative estimate of drug-likeness (QED) is 0.374. The molecule has 0 atom stereocenters. The summed E-state index contributed by atoms with van der Waals surface area (Å²) in [4.78, 5) is 22.6. The molecule has 3 rings (SSSR count). The molecule has 0 saturated carbocycles. The van der Waals surface area contributed by atoms with Crippen LogP contribution in [0.25, 0.3) is 0 Å². The Morgan fingerprint density at radius 2 is 1.78 bits per heavy atom. The van der Waals surface area contributed by atoms with Crippen LogP contribution in [0.3, 0.4) is 0 Å². The number of nitrogens with zero attached hydrogens (tertiary/aromatic N) is 1. The van der Waals surface area contributed by atoms with Crippen LogP contribution in [0.15, 0.2) is 71.6 Å². The average molecular weight is 476 g/mol. The van der Waals surface area contributed by atoms with E-state index in [1.54, 1.807) is 24.3 Å². The first kappa shape index (κ1) is 23.0. The van der Waals surface area contributed by atoms with Crippen LogP contribution in [0.5, 0.6) is 5.75 Å². The first-order valence-corrected chi connectivity index (χ1v) is 11.0. The largest absolute Gasteiger partial charge is 0.495 e. The molecule has 0 radical (unpaired) electrons. The highest BCUT2D eigenvalue weighted by Gasteiger charge is 2.20. The Hall–Kier alpha value is -3.63. The molecule has 3 aromatic rings. The number of benzene rings is 3. The van der Waals surface area contributed by atoms with Crippen LogP contribution in [-0.4, -0.2) is 26.4 Å². The summed E-state index contributed by atoms with van der Waals surface area (Å²) in [5.74, 6) is -0.281. The predicted octanol–water partition coefficient (Wildman–Crippen LogP) is 3.99. The normalized spacial score (nSPS) is 10.9. The molecule has 2 N–H and O–H groups in total. The van der Waals surface area contributed by atoms with E-state index in [0.29, 0.717) is 5.02 Å². The third-order valence-electron chi connectivity index (χ3n) is 4.46. The number of amides is 1. The van der Waals surface area contributed by atoms with Crippen LogP contribution in [-0.2, 0) is 16.6 Å². The molecule has 0 aliphatic rings. The van der Waals surface area contributed by atoms with E-state index >= 15 is 0 Å². The van der Waals surface area contributed by atoms with E-state index in [9.17, 15) is 23.3 Å². The summed E-state index contributed by atoms with van der Waals surface area (Å²) in [5.41, 5.74) is 0.623. The number of rotatable bonds is 8. The van der Waals surface area contributed by atoms with Gasteiger partial charge in [0.25, 0.3) is 21.6 Å². The topological polar surface area (TPSA) is 128 Å². The Balaban J connectivity index is 1.75. The van der Waals surface area contributed by atoms with Crippen molar-refractivity contribution in [1.29, 1.82) is 0 Å². The zero-order valence-electron chi connectivity index (χ0n) is 16.7. The number of methoxy groups -OCH3 is 1. The third kappa shape index (κ3) is 5.34. The van der Waals surface area contributed by atoms with Crippen molar-refractivity contribution in [3.05, 3.63) is 93.0 Å². The van der Waals surface area contributed by atoms with Gasteiger partial charge in [0.2, 0.25) is 0 Å². The SMILES string of the molecule is COc1ccc([N+](=O)[O-])cc1NS(=O)(=O)c1ccc(C(=O)NCc2ccccc2Cl)cc1. The van der Waals surface area contributed by atoms with Crippen LogP contribution >= 0.6 is 11.6 Å². The van der Waals surface area contributed by atoms with Gasteiger partial charge in [0, 0.05) is 29.3 Å². The van der Waals surface area contributed by atoms with Crippen molar-refractivity contribution < 1.29 is 22.9 Å². The molecule has 0 aliphatic heterocycles. The number of anilines is 1. The molecular formula is C21H18ClN3O6S. The van der Waals surface area contributed by atoms with Gasteiger partial charge in [-0.05, 0) is 42.0 Å². The summed E-state index contributed by atoms with van der Waals surface area (Å²) in [6, 6.07) is 15.9. The number of sulfonamides is 1. The maximum atomic E-state index is 12.7. The smallest absolute Gasteiger partial charge is 0.271 e. The van der Waals surface area contributed by atoms with Crippen molar-refractivity contribution in [2.75, 3.05) is 11.8 Å². The van der Waals surface area contributed by atoms with Crippen molar-refractivity contribution in [1.82, 2.24) is 5.32 Å². The lowest BCUT2D eigenvalue weighted by atomic mass is 10.2. The second kappa shape index (κ2) is 9.67. The molecule has 0 aliphatic carbocycles. The molecule has 0 spiro atoms. The summed E-state index contributed by atoms with van der Waals surface area (Å²) in [6.07, 6.45) is 0. The number of hydrogen-bond acceptors (Lipinski definition) is 6. The van der Waals surface area contributed by atoms with Crippen molar-refractivity contribution in [2.24, 2.45) is 0 Å². The Bertz CT molecular complexity index is 1260. The van der Waals surface area contributed by atoms with Crippen LogP contribution in [0.2, 0.25) is 5.02 Å². The lowest BCUT2D eigenvalue weighted by molar-refractivity contribution is -0.384. The van der Waals surface area contributed by atoms with Crippen molar-refractivity contribution in [3.8, 4) is 5.75 Å². The molecule has 0 unspecified atom stereocenters. The van der Waals surface area contributed by atoms with Gasteiger partial charge in [0.15, 0.2) is 0 Å². The van der Waals surface area contributed by atoms with E-state index in [1.807, 2.05) is 0 Å². The number of halogens is 1. The van der Waals surface area contributed by atoms with Gasteiger partial charge in [0.05, 0.1) is 22.6 Å². The van der Waals surface area contributed by atoms with Gasteiger partial charge in [-0.3, -0.25) is 19.6 Å². The fourth-order valence-corrected chi connectivity index (χ4v) is 4.06. The standard InChI is InChI=1S/C21H18ClN3O6S/c1-31-20-11-8-16(25(27)28)12-19(20)24-32(29,30)17-9-6-14(7-10-17)21(26)23-13-15-4-2-3-5-18(15)22/h2-12,24H,13H2,1H3,(H,23,26). The summed E-state index contributed by atoms with van der Waals surface area (Å²) >= 11 is 6.07. The lowest BCUT2D eigenvalue weighted by Gasteiger charge is -2.12. The Morgan fingerprint density at radius 1 is 1.09 bits per heavy atom. The number of carbonyl (C=O) groups excluding carboxylic acids is 1. The van der Waals surface area contributed by atoms with Gasteiger partial charge in [-0.2, -0.15) is 0 Å². The van der Waals surface area contributed by atoms with Gasteiger partial charge in [-0.1, -0.05) is 29.8 Å². The van der Waals surface area contributed by atoms with Gasteiger partial charge < -0.3 is 10.1 Å². The van der Waals surface area contributed by atoms with E-state index < -0.39 is 20.9 Å². The molecule has 166 valence electrons. The minimum Gasteiger partial charge on any atom is -0.495 e. The number of nitro benzene ring substituents is 1. The zero-order chi connectivity index (χ0) is 23.3. The number of non-ortho nitro benzene ring substituents is 1. The van der Waals surface area contributed by atoms with Crippen LogP contribution in [0.4, 0.5) is 11.4 Å². The molecule has 0 aromatic heterocycles. The first-order valence-electron chi connectivity index (χ1n) is 9.18. The summed E-state index contributed by atoms with van der Waals surface area (Å²) < 4.78 is 32.8. The maximum Gasteiger partial charge on any atom is 0.271 e. The predicted molar refractivity (Wildman–Crippen MR) is 120 cm³/mol. The molecule has 0 saturated heterocycles. The minimum absolute atomic E-state index is 0.0803. The average Bonchev–Trinajstić information content (AvgIpc) is 2.78. The summed E-state index contributed by atoms with van der Waals surface area (Å²) in [7, 11) is -2.78. The molecule has 0 fully saturated rings. The summed E-state index contributed by atoms with van der Waals surface area (Å²) in [6.45, 7) is 0.215. The molecule has 3 aromatic carbocycles.